The molecule has 0 aliphatic heterocycles. The van der Waals surface area contributed by atoms with E-state index in [1.165, 1.54) is 19.3 Å². The highest BCUT2D eigenvalue weighted by Crippen LogP contribution is 2.45. The van der Waals surface area contributed by atoms with E-state index < -0.39 is 0 Å². The van der Waals surface area contributed by atoms with Gasteiger partial charge in [0, 0.05) is 11.9 Å². The largest absolute Gasteiger partial charge is 0.388 e. The Labute approximate surface area is 97.7 Å². The first-order valence-electron chi connectivity index (χ1n) is 6.22. The van der Waals surface area contributed by atoms with Crippen molar-refractivity contribution in [2.24, 2.45) is 5.41 Å². The van der Waals surface area contributed by atoms with Gasteiger partial charge in [-0.15, -0.1) is 0 Å². The van der Waals surface area contributed by atoms with Crippen molar-refractivity contribution in [3.63, 3.8) is 0 Å². The van der Waals surface area contributed by atoms with E-state index in [-0.39, 0.29) is 11.5 Å². The standard InChI is InChI=1S/C14H21NO/c1-11-6-7-12(10-15-11)13(16)14(2)8-4-3-5-9-14/h6-7,10,13,16H,3-5,8-9H2,1-2H3. The van der Waals surface area contributed by atoms with Crippen LogP contribution in [0.1, 0.15) is 56.4 Å². The molecule has 1 unspecified atom stereocenters. The van der Waals surface area contributed by atoms with Gasteiger partial charge in [-0.2, -0.15) is 0 Å². The molecule has 16 heavy (non-hydrogen) atoms. The fraction of sp³-hybridized carbons (Fsp3) is 0.643. The fourth-order valence-electron chi connectivity index (χ4n) is 2.68. The summed E-state index contributed by atoms with van der Waals surface area (Å²) in [6, 6.07) is 3.98. The molecular weight excluding hydrogens is 198 g/mol. The molecule has 1 saturated carbocycles. The van der Waals surface area contributed by atoms with Crippen molar-refractivity contribution >= 4 is 0 Å². The smallest absolute Gasteiger partial charge is 0.0858 e. The molecule has 1 aliphatic rings. The van der Waals surface area contributed by atoms with Crippen molar-refractivity contribution in [1.82, 2.24) is 4.98 Å². The quantitative estimate of drug-likeness (QED) is 0.827. The molecule has 1 N–H and O–H groups in total. The Bertz CT molecular complexity index is 338. The first kappa shape index (κ1) is 11.6. The van der Waals surface area contributed by atoms with Gasteiger partial charge in [0.15, 0.2) is 0 Å². The van der Waals surface area contributed by atoms with Crippen LogP contribution in [0.3, 0.4) is 0 Å². The summed E-state index contributed by atoms with van der Waals surface area (Å²) >= 11 is 0. The monoisotopic (exact) mass is 219 g/mol. The van der Waals surface area contributed by atoms with E-state index >= 15 is 0 Å². The second-order valence-corrected chi connectivity index (χ2v) is 5.35. The number of pyridine rings is 1. The van der Waals surface area contributed by atoms with Crippen LogP contribution in [0.5, 0.6) is 0 Å². The maximum Gasteiger partial charge on any atom is 0.0858 e. The third-order valence-corrected chi connectivity index (χ3v) is 3.91. The van der Waals surface area contributed by atoms with Crippen LogP contribution < -0.4 is 0 Å². The van der Waals surface area contributed by atoms with E-state index in [1.807, 2.05) is 25.3 Å². The summed E-state index contributed by atoms with van der Waals surface area (Å²) in [7, 11) is 0. The first-order valence-corrected chi connectivity index (χ1v) is 6.22. The SMILES string of the molecule is Cc1ccc(C(O)C2(C)CCCCC2)cn1. The molecule has 1 heterocycles. The van der Waals surface area contributed by atoms with E-state index in [2.05, 4.69) is 11.9 Å². The molecule has 1 fully saturated rings. The zero-order valence-corrected chi connectivity index (χ0v) is 10.2. The van der Waals surface area contributed by atoms with Gasteiger partial charge in [0.1, 0.15) is 0 Å². The van der Waals surface area contributed by atoms with Crippen molar-refractivity contribution in [1.29, 1.82) is 0 Å². The molecule has 1 aliphatic carbocycles. The van der Waals surface area contributed by atoms with Gasteiger partial charge in [-0.05, 0) is 36.8 Å². The highest BCUT2D eigenvalue weighted by atomic mass is 16.3. The second kappa shape index (κ2) is 4.54. The Morgan fingerprint density at radius 3 is 2.50 bits per heavy atom. The van der Waals surface area contributed by atoms with Crippen molar-refractivity contribution in [2.75, 3.05) is 0 Å². The van der Waals surface area contributed by atoms with Gasteiger partial charge in [-0.1, -0.05) is 32.3 Å². The predicted molar refractivity (Wildman–Crippen MR) is 65.1 cm³/mol. The lowest BCUT2D eigenvalue weighted by Crippen LogP contribution is -2.28. The maximum absolute atomic E-state index is 10.5. The minimum absolute atomic E-state index is 0.0508. The number of hydrogen-bond donors (Lipinski definition) is 1. The average Bonchev–Trinajstić information content (AvgIpc) is 2.30. The lowest BCUT2D eigenvalue weighted by atomic mass is 9.70. The Balaban J connectivity index is 2.16. The fourth-order valence-corrected chi connectivity index (χ4v) is 2.68. The molecule has 2 heteroatoms. The van der Waals surface area contributed by atoms with Crippen LogP contribution in [-0.2, 0) is 0 Å². The molecule has 1 aromatic heterocycles. The lowest BCUT2D eigenvalue weighted by Gasteiger charge is -2.38. The molecule has 2 rings (SSSR count). The van der Waals surface area contributed by atoms with Gasteiger partial charge in [0.05, 0.1) is 6.10 Å². The Morgan fingerprint density at radius 2 is 1.94 bits per heavy atom. The minimum atomic E-state index is -0.360. The molecule has 88 valence electrons. The maximum atomic E-state index is 10.5. The highest BCUT2D eigenvalue weighted by Gasteiger charge is 2.35. The van der Waals surface area contributed by atoms with Crippen LogP contribution in [0.2, 0.25) is 0 Å². The molecule has 0 amide bonds. The van der Waals surface area contributed by atoms with Gasteiger partial charge >= 0.3 is 0 Å². The van der Waals surface area contributed by atoms with Crippen LogP contribution in [-0.4, -0.2) is 10.1 Å². The molecule has 1 aromatic rings. The lowest BCUT2D eigenvalue weighted by molar-refractivity contribution is 0.00795. The van der Waals surface area contributed by atoms with E-state index in [0.29, 0.717) is 0 Å². The van der Waals surface area contributed by atoms with Crippen molar-refractivity contribution in [3.05, 3.63) is 29.6 Å². The van der Waals surface area contributed by atoms with Crippen molar-refractivity contribution in [3.8, 4) is 0 Å². The summed E-state index contributed by atoms with van der Waals surface area (Å²) in [5.74, 6) is 0. The molecule has 0 aromatic carbocycles. The molecule has 0 saturated heterocycles. The molecule has 0 bridgehead atoms. The average molecular weight is 219 g/mol. The number of aliphatic hydroxyl groups excluding tert-OH is 1. The number of aliphatic hydroxyl groups is 1. The van der Waals surface area contributed by atoms with Gasteiger partial charge in [-0.3, -0.25) is 4.98 Å². The summed E-state index contributed by atoms with van der Waals surface area (Å²) < 4.78 is 0. The summed E-state index contributed by atoms with van der Waals surface area (Å²) in [6.45, 7) is 4.18. The normalized spacial score (nSPS) is 21.7. The minimum Gasteiger partial charge on any atom is -0.388 e. The van der Waals surface area contributed by atoms with E-state index in [4.69, 9.17) is 0 Å². The molecule has 0 radical (unpaired) electrons. The number of nitrogens with zero attached hydrogens (tertiary/aromatic N) is 1. The van der Waals surface area contributed by atoms with Crippen LogP contribution in [0, 0.1) is 12.3 Å². The Morgan fingerprint density at radius 1 is 1.25 bits per heavy atom. The first-order chi connectivity index (χ1) is 7.62. The van der Waals surface area contributed by atoms with Crippen LogP contribution >= 0.6 is 0 Å². The third kappa shape index (κ3) is 2.27. The molecule has 2 nitrogen and oxygen atoms in total. The zero-order valence-electron chi connectivity index (χ0n) is 10.2. The zero-order chi connectivity index (χ0) is 11.6. The Hall–Kier alpha value is -0.890. The van der Waals surface area contributed by atoms with Crippen LogP contribution in [0.25, 0.3) is 0 Å². The highest BCUT2D eigenvalue weighted by molar-refractivity contribution is 5.18. The molecule has 1 atom stereocenters. The molecular formula is C14H21NO. The number of aryl methyl sites for hydroxylation is 1. The number of hydrogen-bond acceptors (Lipinski definition) is 2. The van der Waals surface area contributed by atoms with Crippen molar-refractivity contribution in [2.45, 2.75) is 52.1 Å². The summed E-state index contributed by atoms with van der Waals surface area (Å²) in [5.41, 5.74) is 2.02. The van der Waals surface area contributed by atoms with Gasteiger partial charge in [0.2, 0.25) is 0 Å². The number of rotatable bonds is 2. The topological polar surface area (TPSA) is 33.1 Å². The Kier molecular flexibility index (Phi) is 3.29. The van der Waals surface area contributed by atoms with E-state index in [0.717, 1.165) is 24.1 Å². The van der Waals surface area contributed by atoms with Gasteiger partial charge in [-0.25, -0.2) is 0 Å². The summed E-state index contributed by atoms with van der Waals surface area (Å²) in [6.07, 6.45) is 7.51. The van der Waals surface area contributed by atoms with Crippen LogP contribution in [0.15, 0.2) is 18.3 Å². The molecule has 0 spiro atoms. The summed E-state index contributed by atoms with van der Waals surface area (Å²) in [5, 5.41) is 10.5. The third-order valence-electron chi connectivity index (χ3n) is 3.91. The van der Waals surface area contributed by atoms with Crippen LogP contribution in [0.4, 0.5) is 0 Å². The van der Waals surface area contributed by atoms with Crippen molar-refractivity contribution < 1.29 is 5.11 Å². The number of aromatic nitrogens is 1. The van der Waals surface area contributed by atoms with E-state index in [1.54, 1.807) is 0 Å². The van der Waals surface area contributed by atoms with Gasteiger partial charge in [0.25, 0.3) is 0 Å². The second-order valence-electron chi connectivity index (χ2n) is 5.35. The van der Waals surface area contributed by atoms with Gasteiger partial charge < -0.3 is 5.11 Å². The summed E-state index contributed by atoms with van der Waals surface area (Å²) in [4.78, 5) is 4.27. The predicted octanol–water partition coefficient (Wildman–Crippen LogP) is 3.39. The van der Waals surface area contributed by atoms with E-state index in [9.17, 15) is 5.11 Å².